The number of aromatic amines is 1. The van der Waals surface area contributed by atoms with Crippen molar-refractivity contribution in [2.24, 2.45) is 0 Å². The fraction of sp³-hybridized carbons (Fsp3) is 0.240. The fourth-order valence-corrected chi connectivity index (χ4v) is 4.06. The molecule has 33 heavy (non-hydrogen) atoms. The Morgan fingerprint density at radius 1 is 1.09 bits per heavy atom. The van der Waals surface area contributed by atoms with Gasteiger partial charge in [0.1, 0.15) is 23.9 Å². The summed E-state index contributed by atoms with van der Waals surface area (Å²) in [5, 5.41) is 13.5. The van der Waals surface area contributed by atoms with E-state index in [2.05, 4.69) is 4.98 Å². The van der Waals surface area contributed by atoms with Gasteiger partial charge in [-0.1, -0.05) is 30.0 Å². The summed E-state index contributed by atoms with van der Waals surface area (Å²) in [6, 6.07) is 12.9. The number of carbonyl (C=O) groups excluding carboxylic acids is 2. The van der Waals surface area contributed by atoms with Crippen molar-refractivity contribution < 1.29 is 28.7 Å². The normalized spacial score (nSPS) is 17.4. The molecule has 0 spiro atoms. The number of amides is 1. The third-order valence-electron chi connectivity index (χ3n) is 5.69. The predicted octanol–water partition coefficient (Wildman–Crippen LogP) is 1.63. The number of imidazole rings is 1. The summed E-state index contributed by atoms with van der Waals surface area (Å²) in [7, 11) is 3.05. The van der Waals surface area contributed by atoms with Gasteiger partial charge in [-0.2, -0.15) is 0 Å². The van der Waals surface area contributed by atoms with Crippen molar-refractivity contribution in [3.05, 3.63) is 84.0 Å². The molecule has 2 heterocycles. The minimum atomic E-state index is -0.796. The first kappa shape index (κ1) is 22.1. The molecule has 1 unspecified atom stereocenters. The highest BCUT2D eigenvalue weighted by Crippen LogP contribution is 2.39. The Morgan fingerprint density at radius 3 is 2.52 bits per heavy atom. The second-order valence-electron chi connectivity index (χ2n) is 7.68. The maximum Gasteiger partial charge on any atom is 0.295 e. The Kier molecular flexibility index (Phi) is 6.44. The van der Waals surface area contributed by atoms with Gasteiger partial charge in [0.15, 0.2) is 0 Å². The van der Waals surface area contributed by atoms with Gasteiger partial charge in [0.05, 0.1) is 26.8 Å². The highest BCUT2D eigenvalue weighted by molar-refractivity contribution is 6.46. The lowest BCUT2D eigenvalue weighted by atomic mass is 9.95. The Balaban J connectivity index is 1.76. The van der Waals surface area contributed by atoms with Gasteiger partial charge in [-0.05, 0) is 35.4 Å². The predicted molar refractivity (Wildman–Crippen MR) is 118 cm³/mol. The van der Waals surface area contributed by atoms with Crippen LogP contribution in [0.15, 0.2) is 72.8 Å². The molecule has 2 aromatic carbocycles. The molecule has 1 atom stereocenters. The molecule has 1 saturated heterocycles. The molecule has 8 heteroatoms. The monoisotopic (exact) mass is 447 g/mol. The highest BCUT2D eigenvalue weighted by atomic mass is 16.5. The van der Waals surface area contributed by atoms with Crippen LogP contribution in [0.5, 0.6) is 11.5 Å². The molecule has 1 aromatic heterocycles. The van der Waals surface area contributed by atoms with Crippen molar-refractivity contribution >= 4 is 17.4 Å². The largest absolute Gasteiger partial charge is 0.872 e. The Morgan fingerprint density at radius 2 is 1.82 bits per heavy atom. The Labute approximate surface area is 191 Å². The van der Waals surface area contributed by atoms with E-state index < -0.39 is 23.5 Å². The van der Waals surface area contributed by atoms with Gasteiger partial charge < -0.3 is 19.5 Å². The number of hydrogen-bond acceptors (Lipinski definition) is 5. The van der Waals surface area contributed by atoms with Crippen LogP contribution in [-0.4, -0.2) is 42.3 Å². The molecule has 0 bridgehead atoms. The van der Waals surface area contributed by atoms with E-state index in [9.17, 15) is 14.7 Å². The van der Waals surface area contributed by atoms with Crippen molar-refractivity contribution in [3.8, 4) is 11.5 Å². The summed E-state index contributed by atoms with van der Waals surface area (Å²) in [6.07, 6.45) is 6.13. The molecule has 1 amide bonds. The molecular weight excluding hydrogens is 422 g/mol. The second kappa shape index (κ2) is 9.60. The van der Waals surface area contributed by atoms with E-state index >= 15 is 0 Å². The average Bonchev–Trinajstić information content (AvgIpc) is 3.46. The SMILES string of the molecule is COc1cccc(/C([O-])=C2\C(=O)C(=O)N(CCC[n+]3cc[nH]c3)C2c2cccc(OC)c2)c1. The van der Waals surface area contributed by atoms with Crippen LogP contribution < -0.4 is 19.1 Å². The van der Waals surface area contributed by atoms with Crippen LogP contribution in [0.1, 0.15) is 23.6 Å². The first-order valence-electron chi connectivity index (χ1n) is 10.6. The smallest absolute Gasteiger partial charge is 0.295 e. The topological polar surface area (TPSA) is 98.6 Å². The fourth-order valence-electron chi connectivity index (χ4n) is 4.06. The number of benzene rings is 2. The third-order valence-corrected chi connectivity index (χ3v) is 5.69. The number of Topliss-reactive ketones (excluding diaryl/α,β-unsaturated/α-hetero) is 1. The summed E-state index contributed by atoms with van der Waals surface area (Å²) in [5.74, 6) is -0.854. The van der Waals surface area contributed by atoms with E-state index in [1.807, 2.05) is 23.3 Å². The number of nitrogens with one attached hydrogen (secondary N) is 1. The van der Waals surface area contributed by atoms with Gasteiger partial charge in [0.25, 0.3) is 5.91 Å². The lowest BCUT2D eigenvalue weighted by molar-refractivity contribution is -0.695. The lowest BCUT2D eigenvalue weighted by Gasteiger charge is -2.27. The highest BCUT2D eigenvalue weighted by Gasteiger charge is 2.44. The van der Waals surface area contributed by atoms with Crippen LogP contribution in [0.4, 0.5) is 0 Å². The van der Waals surface area contributed by atoms with E-state index in [0.717, 1.165) is 0 Å². The van der Waals surface area contributed by atoms with Gasteiger partial charge in [0, 0.05) is 18.5 Å². The molecule has 3 aromatic rings. The molecule has 1 aliphatic rings. The van der Waals surface area contributed by atoms with E-state index in [1.165, 1.54) is 12.0 Å². The minimum absolute atomic E-state index is 0.0594. The maximum atomic E-state index is 13.5. The zero-order valence-corrected chi connectivity index (χ0v) is 18.5. The van der Waals surface area contributed by atoms with Crippen LogP contribution in [-0.2, 0) is 16.1 Å². The number of methoxy groups -OCH3 is 2. The van der Waals surface area contributed by atoms with Crippen molar-refractivity contribution in [1.82, 2.24) is 9.88 Å². The number of aryl methyl sites for hydroxylation is 1. The number of hydrogen-bond donors (Lipinski definition) is 1. The zero-order valence-electron chi connectivity index (χ0n) is 18.5. The number of likely N-dealkylation sites (tertiary alicyclic amines) is 1. The van der Waals surface area contributed by atoms with Crippen molar-refractivity contribution in [2.45, 2.75) is 19.0 Å². The van der Waals surface area contributed by atoms with Gasteiger partial charge in [0.2, 0.25) is 12.1 Å². The van der Waals surface area contributed by atoms with E-state index in [-0.39, 0.29) is 5.57 Å². The van der Waals surface area contributed by atoms with E-state index in [4.69, 9.17) is 9.47 Å². The molecule has 4 rings (SSSR count). The third kappa shape index (κ3) is 4.45. The number of H-pyrrole nitrogens is 1. The number of ketones is 1. The van der Waals surface area contributed by atoms with Gasteiger partial charge in [-0.15, -0.1) is 0 Å². The van der Waals surface area contributed by atoms with Crippen LogP contribution >= 0.6 is 0 Å². The second-order valence-corrected chi connectivity index (χ2v) is 7.68. The maximum absolute atomic E-state index is 13.5. The van der Waals surface area contributed by atoms with Crippen LogP contribution in [0.25, 0.3) is 5.76 Å². The van der Waals surface area contributed by atoms with Crippen molar-refractivity contribution in [1.29, 1.82) is 0 Å². The molecule has 8 nitrogen and oxygen atoms in total. The molecule has 0 saturated carbocycles. The van der Waals surface area contributed by atoms with Gasteiger partial charge in [-0.25, -0.2) is 4.57 Å². The Bertz CT molecular complexity index is 1190. The molecule has 1 fully saturated rings. The first-order valence-corrected chi connectivity index (χ1v) is 10.6. The number of aromatic nitrogens is 2. The van der Waals surface area contributed by atoms with Crippen LogP contribution in [0, 0.1) is 0 Å². The molecular formula is C25H25N3O5. The summed E-state index contributed by atoms with van der Waals surface area (Å²) < 4.78 is 12.5. The summed E-state index contributed by atoms with van der Waals surface area (Å²) in [5.41, 5.74) is 0.882. The number of rotatable bonds is 8. The standard InChI is InChI=1S/C25H25N3O5/c1-32-19-8-3-6-17(14-19)22-21(23(29)18-7-4-9-20(15-18)33-2)24(30)25(31)28(22)12-5-11-27-13-10-26-16-27/h3-4,6-10,13-16,22H,5,11-12H2,1-2H3,(H,29,30). The number of carbonyl (C=O) groups is 2. The molecule has 170 valence electrons. The minimum Gasteiger partial charge on any atom is -0.872 e. The molecule has 0 aliphatic carbocycles. The molecule has 1 N–H and O–H groups in total. The number of nitrogens with zero attached hydrogens (tertiary/aromatic N) is 2. The molecule has 0 radical (unpaired) electrons. The van der Waals surface area contributed by atoms with Gasteiger partial charge >= 0.3 is 0 Å². The van der Waals surface area contributed by atoms with E-state index in [1.54, 1.807) is 55.6 Å². The van der Waals surface area contributed by atoms with Gasteiger partial charge in [-0.3, -0.25) is 14.6 Å². The van der Waals surface area contributed by atoms with Crippen molar-refractivity contribution in [3.63, 3.8) is 0 Å². The lowest BCUT2D eigenvalue weighted by Crippen LogP contribution is -2.36. The quantitative estimate of drug-likeness (QED) is 0.245. The average molecular weight is 447 g/mol. The van der Waals surface area contributed by atoms with Crippen molar-refractivity contribution in [2.75, 3.05) is 20.8 Å². The van der Waals surface area contributed by atoms with E-state index in [0.29, 0.717) is 42.1 Å². The Hall–Kier alpha value is -4.07. The zero-order chi connectivity index (χ0) is 23.4. The van der Waals surface area contributed by atoms with Crippen LogP contribution in [0.3, 0.4) is 0 Å². The summed E-state index contributed by atoms with van der Waals surface area (Å²) in [4.78, 5) is 30.6. The first-order chi connectivity index (χ1) is 16.0. The van der Waals surface area contributed by atoms with Crippen LogP contribution in [0.2, 0.25) is 0 Å². The summed E-state index contributed by atoms with van der Waals surface area (Å²) >= 11 is 0. The molecule has 1 aliphatic heterocycles. The summed E-state index contributed by atoms with van der Waals surface area (Å²) in [6.45, 7) is 0.977. The number of ether oxygens (including phenoxy) is 2.